The number of hydrogen-bond donors (Lipinski definition) is 3. The summed E-state index contributed by atoms with van der Waals surface area (Å²) in [5.74, 6) is 0.830. The number of amides is 1. The minimum absolute atomic E-state index is 0.0238. The van der Waals surface area contributed by atoms with Gasteiger partial charge in [-0.1, -0.05) is 30.3 Å². The first-order chi connectivity index (χ1) is 12.8. The van der Waals surface area contributed by atoms with E-state index in [0.717, 1.165) is 41.7 Å². The lowest BCUT2D eigenvalue weighted by atomic mass is 9.80. The summed E-state index contributed by atoms with van der Waals surface area (Å²) < 4.78 is 0. The molecule has 0 bridgehead atoms. The summed E-state index contributed by atoms with van der Waals surface area (Å²) in [6, 6.07) is 5.39. The maximum Gasteiger partial charge on any atom is 0.404 e. The number of halogens is 1. The van der Waals surface area contributed by atoms with Crippen LogP contribution < -0.4 is 16.0 Å². The molecule has 0 spiro atoms. The fourth-order valence-corrected chi connectivity index (χ4v) is 4.01. The molecular weight excluding hydrogens is 386 g/mol. The summed E-state index contributed by atoms with van der Waals surface area (Å²) in [6.45, 7) is 4.23. The number of nitrogen functional groups attached to an aromatic ring is 1. The van der Waals surface area contributed by atoms with Gasteiger partial charge in [0.2, 0.25) is 0 Å². The molecule has 1 aliphatic heterocycles. The van der Waals surface area contributed by atoms with Crippen LogP contribution in [0.1, 0.15) is 19.8 Å². The van der Waals surface area contributed by atoms with Gasteiger partial charge in [0.1, 0.15) is 10.8 Å². The number of aromatic nitrogens is 2. The van der Waals surface area contributed by atoms with E-state index in [1.54, 1.807) is 24.5 Å². The second-order valence-corrected chi connectivity index (χ2v) is 8.43. The Morgan fingerprint density at radius 1 is 1.37 bits per heavy atom. The third-order valence-corrected chi connectivity index (χ3v) is 6.17. The monoisotopic (exact) mass is 407 g/mol. The van der Waals surface area contributed by atoms with Crippen LogP contribution in [0.3, 0.4) is 0 Å². The number of nitrogens with zero attached hydrogens (tertiary/aromatic N) is 3. The first kappa shape index (κ1) is 19.6. The Morgan fingerprint density at radius 2 is 2.11 bits per heavy atom. The van der Waals surface area contributed by atoms with Crippen LogP contribution in [-0.4, -0.2) is 40.8 Å². The van der Waals surface area contributed by atoms with E-state index in [-0.39, 0.29) is 5.41 Å². The summed E-state index contributed by atoms with van der Waals surface area (Å²) in [5, 5.41) is 12.6. The fourth-order valence-electron chi connectivity index (χ4n) is 2.98. The SMILES string of the molecule is CC1(CNC(=O)O)CCN(c2cnc(Sc3ccc(N)cc3Cl)cn2)CC1. The van der Waals surface area contributed by atoms with Gasteiger partial charge < -0.3 is 21.1 Å². The highest BCUT2D eigenvalue weighted by Crippen LogP contribution is 2.34. The van der Waals surface area contributed by atoms with Crippen molar-refractivity contribution in [2.75, 3.05) is 30.3 Å². The summed E-state index contributed by atoms with van der Waals surface area (Å²) in [6.07, 6.45) is 4.33. The molecule has 2 aromatic rings. The Labute approximate surface area is 167 Å². The lowest BCUT2D eigenvalue weighted by Crippen LogP contribution is -2.44. The molecule has 1 amide bonds. The van der Waals surface area contributed by atoms with E-state index in [9.17, 15) is 4.79 Å². The third kappa shape index (κ3) is 5.17. The smallest absolute Gasteiger partial charge is 0.404 e. The molecule has 9 heteroatoms. The van der Waals surface area contributed by atoms with Gasteiger partial charge in [0.15, 0.2) is 0 Å². The molecule has 3 rings (SSSR count). The molecule has 0 radical (unpaired) electrons. The number of piperidine rings is 1. The summed E-state index contributed by atoms with van der Waals surface area (Å²) >= 11 is 7.65. The zero-order valence-corrected chi connectivity index (χ0v) is 16.6. The van der Waals surface area contributed by atoms with Gasteiger partial charge in [-0.2, -0.15) is 0 Å². The van der Waals surface area contributed by atoms with Crippen LogP contribution in [0.4, 0.5) is 16.3 Å². The number of rotatable bonds is 5. The van der Waals surface area contributed by atoms with E-state index >= 15 is 0 Å². The number of nitrogens with one attached hydrogen (secondary N) is 1. The summed E-state index contributed by atoms with van der Waals surface area (Å²) in [4.78, 5) is 22.8. The number of nitrogens with two attached hydrogens (primary N) is 1. The minimum atomic E-state index is -0.973. The third-order valence-electron chi connectivity index (χ3n) is 4.75. The van der Waals surface area contributed by atoms with Gasteiger partial charge in [0.05, 0.1) is 17.4 Å². The van der Waals surface area contributed by atoms with Crippen LogP contribution >= 0.6 is 23.4 Å². The van der Waals surface area contributed by atoms with Crippen LogP contribution in [0.25, 0.3) is 0 Å². The van der Waals surface area contributed by atoms with Crippen molar-refractivity contribution < 1.29 is 9.90 Å². The van der Waals surface area contributed by atoms with Gasteiger partial charge in [-0.25, -0.2) is 14.8 Å². The molecule has 1 aromatic carbocycles. The van der Waals surface area contributed by atoms with Gasteiger partial charge in [-0.15, -0.1) is 0 Å². The van der Waals surface area contributed by atoms with Crippen molar-refractivity contribution in [2.24, 2.45) is 5.41 Å². The van der Waals surface area contributed by atoms with Crippen molar-refractivity contribution in [2.45, 2.75) is 29.7 Å². The van der Waals surface area contributed by atoms with E-state index in [1.807, 2.05) is 6.07 Å². The van der Waals surface area contributed by atoms with Gasteiger partial charge in [0.25, 0.3) is 0 Å². The molecule has 0 saturated carbocycles. The summed E-state index contributed by atoms with van der Waals surface area (Å²) in [7, 11) is 0. The van der Waals surface area contributed by atoms with Crippen molar-refractivity contribution in [1.29, 1.82) is 0 Å². The Hall–Kier alpha value is -2.19. The van der Waals surface area contributed by atoms with E-state index < -0.39 is 6.09 Å². The van der Waals surface area contributed by atoms with Gasteiger partial charge >= 0.3 is 6.09 Å². The number of hydrogen-bond acceptors (Lipinski definition) is 6. The van der Waals surface area contributed by atoms with Crippen LogP contribution in [0.15, 0.2) is 40.5 Å². The zero-order valence-electron chi connectivity index (χ0n) is 15.0. The highest BCUT2D eigenvalue weighted by atomic mass is 35.5. The van der Waals surface area contributed by atoms with Crippen LogP contribution in [0.2, 0.25) is 5.02 Å². The molecular formula is C18H22ClN5O2S. The van der Waals surface area contributed by atoms with E-state index in [0.29, 0.717) is 17.3 Å². The molecule has 0 atom stereocenters. The van der Waals surface area contributed by atoms with Crippen molar-refractivity contribution >= 4 is 41.0 Å². The van der Waals surface area contributed by atoms with E-state index in [1.165, 1.54) is 11.8 Å². The highest BCUT2D eigenvalue weighted by molar-refractivity contribution is 7.99. The number of benzene rings is 1. The molecule has 0 unspecified atom stereocenters. The standard InChI is InChI=1S/C18H22ClN5O2S/c1-18(11-23-17(25)26)4-6-24(7-5-18)15-9-22-16(10-21-15)27-14-3-2-12(20)8-13(14)19/h2-3,8-10,23H,4-7,11,20H2,1H3,(H,25,26). The fraction of sp³-hybridized carbons (Fsp3) is 0.389. The molecule has 7 nitrogen and oxygen atoms in total. The molecule has 1 aromatic heterocycles. The highest BCUT2D eigenvalue weighted by Gasteiger charge is 2.31. The topological polar surface area (TPSA) is 104 Å². The number of carboxylic acid groups (broad SMARTS) is 1. The average molecular weight is 408 g/mol. The normalized spacial score (nSPS) is 16.1. The van der Waals surface area contributed by atoms with Crippen molar-refractivity contribution in [3.05, 3.63) is 35.6 Å². The van der Waals surface area contributed by atoms with Crippen LogP contribution in [0.5, 0.6) is 0 Å². The molecule has 0 aliphatic carbocycles. The molecule has 1 aliphatic rings. The second-order valence-electron chi connectivity index (χ2n) is 6.96. The van der Waals surface area contributed by atoms with Crippen LogP contribution in [-0.2, 0) is 0 Å². The summed E-state index contributed by atoms with van der Waals surface area (Å²) in [5.41, 5.74) is 6.32. The quantitative estimate of drug-likeness (QED) is 0.648. The number of anilines is 2. The van der Waals surface area contributed by atoms with Crippen LogP contribution in [0, 0.1) is 5.41 Å². The number of carbonyl (C=O) groups is 1. The van der Waals surface area contributed by atoms with Gasteiger partial charge in [-0.05, 0) is 36.5 Å². The molecule has 1 fully saturated rings. The maximum absolute atomic E-state index is 10.7. The lowest BCUT2D eigenvalue weighted by Gasteiger charge is -2.39. The van der Waals surface area contributed by atoms with Gasteiger partial charge in [-0.3, -0.25) is 0 Å². The van der Waals surface area contributed by atoms with E-state index in [2.05, 4.69) is 27.1 Å². The lowest BCUT2D eigenvalue weighted by molar-refractivity contribution is 0.178. The molecule has 4 N–H and O–H groups in total. The van der Waals surface area contributed by atoms with Gasteiger partial charge in [0, 0.05) is 30.2 Å². The second kappa shape index (κ2) is 8.22. The predicted octanol–water partition coefficient (Wildman–Crippen LogP) is 3.74. The Balaban J connectivity index is 1.59. The van der Waals surface area contributed by atoms with Crippen molar-refractivity contribution in [1.82, 2.24) is 15.3 Å². The Morgan fingerprint density at radius 3 is 2.70 bits per heavy atom. The first-order valence-electron chi connectivity index (χ1n) is 8.61. The molecule has 2 heterocycles. The molecule has 1 saturated heterocycles. The molecule has 27 heavy (non-hydrogen) atoms. The minimum Gasteiger partial charge on any atom is -0.465 e. The predicted molar refractivity (Wildman–Crippen MR) is 108 cm³/mol. The largest absolute Gasteiger partial charge is 0.465 e. The first-order valence-corrected chi connectivity index (χ1v) is 9.81. The maximum atomic E-state index is 10.7. The van der Waals surface area contributed by atoms with E-state index in [4.69, 9.17) is 22.4 Å². The molecule has 144 valence electrons. The Kier molecular flexibility index (Phi) is 5.96. The van der Waals surface area contributed by atoms with Crippen molar-refractivity contribution in [3.63, 3.8) is 0 Å². The average Bonchev–Trinajstić information content (AvgIpc) is 2.64. The van der Waals surface area contributed by atoms with Crippen molar-refractivity contribution in [3.8, 4) is 0 Å². The Bertz CT molecular complexity index is 810. The zero-order chi connectivity index (χ0) is 19.4.